The van der Waals surface area contributed by atoms with E-state index in [-0.39, 0.29) is 6.10 Å². The predicted molar refractivity (Wildman–Crippen MR) is 67.5 cm³/mol. The molecule has 2 rings (SSSR count). The van der Waals surface area contributed by atoms with E-state index in [9.17, 15) is 5.11 Å². The molecule has 2 aliphatic carbocycles. The molecule has 0 amide bonds. The predicted octanol–water partition coefficient (Wildman–Crippen LogP) is 2.85. The fourth-order valence-electron chi connectivity index (χ4n) is 3.54. The lowest BCUT2D eigenvalue weighted by Crippen LogP contribution is -2.54. The van der Waals surface area contributed by atoms with Crippen LogP contribution in [0.3, 0.4) is 0 Å². The maximum atomic E-state index is 9.20. The summed E-state index contributed by atoms with van der Waals surface area (Å²) >= 11 is 0. The highest BCUT2D eigenvalue weighted by molar-refractivity contribution is 5.01. The summed E-state index contributed by atoms with van der Waals surface area (Å²) in [4.78, 5) is 0. The summed E-state index contributed by atoms with van der Waals surface area (Å²) in [7, 11) is 0. The van der Waals surface area contributed by atoms with E-state index in [0.29, 0.717) is 5.41 Å². The monoisotopic (exact) mass is 225 g/mol. The van der Waals surface area contributed by atoms with Gasteiger partial charge in [0.1, 0.15) is 0 Å². The molecule has 1 spiro atoms. The van der Waals surface area contributed by atoms with Crippen LogP contribution in [0.1, 0.15) is 64.7 Å². The molecule has 2 atom stereocenters. The summed E-state index contributed by atoms with van der Waals surface area (Å²) < 4.78 is 0. The van der Waals surface area contributed by atoms with Gasteiger partial charge in [0.25, 0.3) is 0 Å². The van der Waals surface area contributed by atoms with Gasteiger partial charge in [-0.25, -0.2) is 0 Å². The van der Waals surface area contributed by atoms with E-state index in [2.05, 4.69) is 5.32 Å². The molecule has 0 bridgehead atoms. The van der Waals surface area contributed by atoms with Crippen molar-refractivity contribution in [2.45, 2.75) is 76.9 Å². The topological polar surface area (TPSA) is 32.3 Å². The van der Waals surface area contributed by atoms with Crippen LogP contribution in [0.25, 0.3) is 0 Å². The molecule has 2 heteroatoms. The lowest BCUT2D eigenvalue weighted by molar-refractivity contribution is 0.0227. The normalized spacial score (nSPS) is 30.0. The average Bonchev–Trinajstić information content (AvgIpc) is 2.28. The summed E-state index contributed by atoms with van der Waals surface area (Å²) in [5, 5.41) is 12.9. The van der Waals surface area contributed by atoms with Gasteiger partial charge in [-0.05, 0) is 57.4 Å². The zero-order valence-electron chi connectivity index (χ0n) is 10.7. The zero-order chi connectivity index (χ0) is 11.4. The Balaban J connectivity index is 1.66. The van der Waals surface area contributed by atoms with Gasteiger partial charge in [-0.1, -0.05) is 19.3 Å². The number of aliphatic hydroxyl groups is 1. The summed E-state index contributed by atoms with van der Waals surface area (Å²) in [5.41, 5.74) is 0.684. The molecule has 0 aromatic carbocycles. The van der Waals surface area contributed by atoms with E-state index in [1.165, 1.54) is 44.9 Å². The van der Waals surface area contributed by atoms with Gasteiger partial charge in [-0.2, -0.15) is 0 Å². The lowest BCUT2D eigenvalue weighted by Gasteiger charge is -2.52. The van der Waals surface area contributed by atoms with Crippen LogP contribution in [0.15, 0.2) is 0 Å². The Hall–Kier alpha value is -0.0800. The van der Waals surface area contributed by atoms with Gasteiger partial charge in [0.05, 0.1) is 6.10 Å². The first-order valence-corrected chi connectivity index (χ1v) is 7.14. The van der Waals surface area contributed by atoms with E-state index in [1.807, 2.05) is 6.92 Å². The van der Waals surface area contributed by atoms with Crippen LogP contribution < -0.4 is 5.32 Å². The molecule has 2 nitrogen and oxygen atoms in total. The molecular weight excluding hydrogens is 198 g/mol. The second-order valence-corrected chi connectivity index (χ2v) is 5.96. The van der Waals surface area contributed by atoms with Crippen molar-refractivity contribution in [2.24, 2.45) is 5.41 Å². The van der Waals surface area contributed by atoms with Gasteiger partial charge in [0.15, 0.2) is 0 Å². The molecule has 94 valence electrons. The fourth-order valence-corrected chi connectivity index (χ4v) is 3.54. The zero-order valence-corrected chi connectivity index (χ0v) is 10.7. The van der Waals surface area contributed by atoms with Gasteiger partial charge >= 0.3 is 0 Å². The van der Waals surface area contributed by atoms with Crippen LogP contribution in [0.5, 0.6) is 0 Å². The van der Waals surface area contributed by atoms with Gasteiger partial charge in [-0.15, -0.1) is 0 Å². The molecule has 0 aromatic heterocycles. The quantitative estimate of drug-likeness (QED) is 0.705. The molecule has 0 aliphatic heterocycles. The smallest absolute Gasteiger partial charge is 0.0512 e. The van der Waals surface area contributed by atoms with Crippen molar-refractivity contribution in [1.82, 2.24) is 5.32 Å². The Morgan fingerprint density at radius 2 is 2.00 bits per heavy atom. The van der Waals surface area contributed by atoms with E-state index in [4.69, 9.17) is 0 Å². The van der Waals surface area contributed by atoms with Crippen molar-refractivity contribution in [1.29, 1.82) is 0 Å². The molecule has 2 fully saturated rings. The molecular formula is C14H27NO. The van der Waals surface area contributed by atoms with Crippen molar-refractivity contribution >= 4 is 0 Å². The summed E-state index contributed by atoms with van der Waals surface area (Å²) in [6.45, 7) is 2.98. The van der Waals surface area contributed by atoms with Crippen LogP contribution in [-0.2, 0) is 0 Å². The minimum atomic E-state index is -0.133. The van der Waals surface area contributed by atoms with Crippen LogP contribution >= 0.6 is 0 Å². The van der Waals surface area contributed by atoms with Gasteiger partial charge in [0, 0.05) is 6.04 Å². The first-order valence-electron chi connectivity index (χ1n) is 7.14. The first kappa shape index (κ1) is 12.4. The standard InChI is InChI=1S/C14H27NO/c1-12(16)6-5-11-15-13-7-10-14(13)8-3-2-4-9-14/h12-13,15-16H,2-11H2,1H3. The first-order chi connectivity index (χ1) is 7.73. The Kier molecular flexibility index (Phi) is 4.26. The van der Waals surface area contributed by atoms with Crippen LogP contribution in [0.2, 0.25) is 0 Å². The molecule has 0 heterocycles. The van der Waals surface area contributed by atoms with Crippen molar-refractivity contribution in [3.8, 4) is 0 Å². The van der Waals surface area contributed by atoms with Crippen molar-refractivity contribution in [3.63, 3.8) is 0 Å². The highest BCUT2D eigenvalue weighted by atomic mass is 16.3. The van der Waals surface area contributed by atoms with Crippen molar-refractivity contribution < 1.29 is 5.11 Å². The van der Waals surface area contributed by atoms with E-state index in [1.54, 1.807) is 0 Å². The summed E-state index contributed by atoms with van der Waals surface area (Å²) in [5.74, 6) is 0. The third-order valence-corrected chi connectivity index (χ3v) is 4.71. The Labute approximate surface area is 99.8 Å². The molecule has 2 saturated carbocycles. The second-order valence-electron chi connectivity index (χ2n) is 5.96. The largest absolute Gasteiger partial charge is 0.393 e. The molecule has 2 unspecified atom stereocenters. The average molecular weight is 225 g/mol. The van der Waals surface area contributed by atoms with Gasteiger partial charge < -0.3 is 10.4 Å². The van der Waals surface area contributed by atoms with E-state index >= 15 is 0 Å². The number of aliphatic hydroxyl groups excluding tert-OH is 1. The van der Waals surface area contributed by atoms with Gasteiger partial charge in [0.2, 0.25) is 0 Å². The minimum absolute atomic E-state index is 0.133. The molecule has 0 radical (unpaired) electrons. The fraction of sp³-hybridized carbons (Fsp3) is 1.00. The van der Waals surface area contributed by atoms with E-state index in [0.717, 1.165) is 25.4 Å². The maximum Gasteiger partial charge on any atom is 0.0512 e. The molecule has 16 heavy (non-hydrogen) atoms. The van der Waals surface area contributed by atoms with Crippen molar-refractivity contribution in [3.05, 3.63) is 0 Å². The number of nitrogens with one attached hydrogen (secondary N) is 1. The van der Waals surface area contributed by atoms with Gasteiger partial charge in [-0.3, -0.25) is 0 Å². The molecule has 0 aromatic rings. The minimum Gasteiger partial charge on any atom is -0.393 e. The lowest BCUT2D eigenvalue weighted by atomic mass is 9.57. The Morgan fingerprint density at radius 3 is 2.56 bits per heavy atom. The second kappa shape index (κ2) is 5.50. The summed E-state index contributed by atoms with van der Waals surface area (Å²) in [6.07, 6.45) is 12.0. The molecule has 2 aliphatic rings. The highest BCUT2D eigenvalue weighted by Crippen LogP contribution is 2.51. The van der Waals surface area contributed by atoms with Crippen molar-refractivity contribution in [2.75, 3.05) is 6.54 Å². The maximum absolute atomic E-state index is 9.20. The van der Waals surface area contributed by atoms with E-state index < -0.39 is 0 Å². The highest BCUT2D eigenvalue weighted by Gasteiger charge is 2.46. The number of hydrogen-bond donors (Lipinski definition) is 2. The Bertz CT molecular complexity index is 209. The molecule has 0 saturated heterocycles. The summed E-state index contributed by atoms with van der Waals surface area (Å²) in [6, 6.07) is 0.793. The third kappa shape index (κ3) is 2.78. The molecule has 2 N–H and O–H groups in total. The number of rotatable bonds is 5. The SMILES string of the molecule is CC(O)CCCNC1CCC12CCCCC2. The van der Waals surface area contributed by atoms with Crippen LogP contribution in [-0.4, -0.2) is 23.8 Å². The third-order valence-electron chi connectivity index (χ3n) is 4.71. The Morgan fingerprint density at radius 1 is 1.25 bits per heavy atom. The van der Waals surface area contributed by atoms with Crippen LogP contribution in [0, 0.1) is 5.41 Å². The van der Waals surface area contributed by atoms with Crippen LogP contribution in [0.4, 0.5) is 0 Å². The number of hydrogen-bond acceptors (Lipinski definition) is 2.